The van der Waals surface area contributed by atoms with E-state index >= 15 is 0 Å². The van der Waals surface area contributed by atoms with Gasteiger partial charge in [0.15, 0.2) is 0 Å². The van der Waals surface area contributed by atoms with E-state index in [9.17, 15) is 9.59 Å². The molecule has 1 aliphatic rings. The van der Waals surface area contributed by atoms with Crippen molar-refractivity contribution in [2.24, 2.45) is 0 Å². The van der Waals surface area contributed by atoms with Gasteiger partial charge in [-0.25, -0.2) is 5.01 Å². The summed E-state index contributed by atoms with van der Waals surface area (Å²) < 4.78 is 0. The average molecular weight is 409 g/mol. The number of rotatable bonds is 10. The highest BCUT2D eigenvalue weighted by molar-refractivity contribution is 5.86. The molecule has 0 spiro atoms. The number of hydrogen-bond acceptors (Lipinski definition) is 4. The number of para-hydroxylation sites is 1. The van der Waals surface area contributed by atoms with Crippen molar-refractivity contribution in [3.05, 3.63) is 65.7 Å². The van der Waals surface area contributed by atoms with Gasteiger partial charge >= 0.3 is 0 Å². The van der Waals surface area contributed by atoms with Crippen LogP contribution in [0.5, 0.6) is 0 Å². The first-order valence-corrected chi connectivity index (χ1v) is 10.7. The molecular formula is C24H32N4O2. The molecule has 3 rings (SSSR count). The van der Waals surface area contributed by atoms with Crippen LogP contribution in [0.1, 0.15) is 37.3 Å². The molecule has 2 aromatic rings. The standard InChI is InChI=1S/C24H32N4O2/c1-3-4-10-15-25-23(29)18-27(22-13-6-5-7-14-22)19-24(30)26(2)28-16-20-11-8-9-12-21(20)17-28/h5-9,11-14H,3-4,10,15-19H2,1-2H3,(H,25,29). The highest BCUT2D eigenvalue weighted by Crippen LogP contribution is 2.23. The summed E-state index contributed by atoms with van der Waals surface area (Å²) in [5, 5.41) is 6.70. The van der Waals surface area contributed by atoms with Gasteiger partial charge in [0.05, 0.1) is 13.1 Å². The first-order valence-electron chi connectivity index (χ1n) is 10.7. The second kappa shape index (κ2) is 10.8. The number of likely N-dealkylation sites (N-methyl/N-ethyl adjacent to an activating group) is 1. The Kier molecular flexibility index (Phi) is 7.85. The van der Waals surface area contributed by atoms with Crippen molar-refractivity contribution in [1.82, 2.24) is 15.3 Å². The van der Waals surface area contributed by atoms with Crippen LogP contribution < -0.4 is 10.2 Å². The molecule has 0 saturated carbocycles. The minimum absolute atomic E-state index is 0.0366. The van der Waals surface area contributed by atoms with E-state index in [1.54, 1.807) is 5.01 Å². The summed E-state index contributed by atoms with van der Waals surface area (Å²) in [5.41, 5.74) is 3.37. The molecule has 1 heterocycles. The summed E-state index contributed by atoms with van der Waals surface area (Å²) in [6, 6.07) is 17.9. The SMILES string of the molecule is CCCCCNC(=O)CN(CC(=O)N(C)N1Cc2ccccc2C1)c1ccccc1. The largest absolute Gasteiger partial charge is 0.355 e. The van der Waals surface area contributed by atoms with Crippen LogP contribution in [0, 0.1) is 0 Å². The number of fused-ring (bicyclic) bond motifs is 1. The lowest BCUT2D eigenvalue weighted by Gasteiger charge is -2.31. The Balaban J connectivity index is 1.61. The first-order chi connectivity index (χ1) is 14.6. The van der Waals surface area contributed by atoms with Gasteiger partial charge in [0.1, 0.15) is 0 Å². The van der Waals surface area contributed by atoms with Gasteiger partial charge in [-0.1, -0.05) is 62.2 Å². The van der Waals surface area contributed by atoms with E-state index in [4.69, 9.17) is 0 Å². The predicted octanol–water partition coefficient (Wildman–Crippen LogP) is 3.19. The molecule has 0 aromatic heterocycles. The highest BCUT2D eigenvalue weighted by atomic mass is 16.2. The van der Waals surface area contributed by atoms with Gasteiger partial charge in [-0.3, -0.25) is 14.6 Å². The van der Waals surface area contributed by atoms with Gasteiger partial charge in [-0.15, -0.1) is 0 Å². The van der Waals surface area contributed by atoms with Crippen LogP contribution in [-0.4, -0.2) is 48.5 Å². The van der Waals surface area contributed by atoms with E-state index < -0.39 is 0 Å². The van der Waals surface area contributed by atoms with Gasteiger partial charge in [0, 0.05) is 32.4 Å². The maximum Gasteiger partial charge on any atom is 0.256 e. The molecule has 6 heteroatoms. The monoisotopic (exact) mass is 408 g/mol. The lowest BCUT2D eigenvalue weighted by molar-refractivity contribution is -0.145. The minimum atomic E-state index is -0.0565. The third kappa shape index (κ3) is 5.83. The fourth-order valence-electron chi connectivity index (χ4n) is 3.66. The topological polar surface area (TPSA) is 55.9 Å². The molecule has 1 N–H and O–H groups in total. The van der Waals surface area contributed by atoms with Crippen molar-refractivity contribution in [3.63, 3.8) is 0 Å². The molecule has 160 valence electrons. The number of nitrogens with one attached hydrogen (secondary N) is 1. The Hall–Kier alpha value is -2.86. The van der Waals surface area contributed by atoms with Crippen LogP contribution in [0.25, 0.3) is 0 Å². The van der Waals surface area contributed by atoms with Crippen LogP contribution >= 0.6 is 0 Å². The molecule has 0 unspecified atom stereocenters. The third-order valence-corrected chi connectivity index (χ3v) is 5.49. The first kappa shape index (κ1) is 21.8. The predicted molar refractivity (Wildman–Crippen MR) is 120 cm³/mol. The number of carbonyl (C=O) groups excluding carboxylic acids is 2. The Labute approximate surface area is 179 Å². The number of hydrazine groups is 1. The van der Waals surface area contributed by atoms with Crippen LogP contribution in [-0.2, 0) is 22.7 Å². The second-order valence-electron chi connectivity index (χ2n) is 7.76. The number of benzene rings is 2. The van der Waals surface area contributed by atoms with E-state index in [1.165, 1.54) is 11.1 Å². The van der Waals surface area contributed by atoms with Gasteiger partial charge in [-0.05, 0) is 29.7 Å². The molecule has 2 aromatic carbocycles. The number of amides is 2. The summed E-state index contributed by atoms with van der Waals surface area (Å²) in [6.45, 7) is 4.57. The Morgan fingerprint density at radius 2 is 1.57 bits per heavy atom. The van der Waals surface area contributed by atoms with Crippen LogP contribution in [0.4, 0.5) is 5.69 Å². The zero-order valence-electron chi connectivity index (χ0n) is 18.0. The van der Waals surface area contributed by atoms with E-state index in [2.05, 4.69) is 24.4 Å². The van der Waals surface area contributed by atoms with E-state index in [-0.39, 0.29) is 24.9 Å². The van der Waals surface area contributed by atoms with Crippen molar-refractivity contribution in [1.29, 1.82) is 0 Å². The minimum Gasteiger partial charge on any atom is -0.355 e. The normalized spacial score (nSPS) is 13.0. The molecule has 6 nitrogen and oxygen atoms in total. The molecule has 0 radical (unpaired) electrons. The molecule has 0 aliphatic carbocycles. The second-order valence-corrected chi connectivity index (χ2v) is 7.76. The Morgan fingerprint density at radius 3 is 2.20 bits per heavy atom. The van der Waals surface area contributed by atoms with Crippen molar-refractivity contribution in [2.45, 2.75) is 39.3 Å². The van der Waals surface area contributed by atoms with Gasteiger partial charge in [0.2, 0.25) is 5.91 Å². The summed E-state index contributed by atoms with van der Waals surface area (Å²) in [5.74, 6) is -0.0931. The molecule has 0 saturated heterocycles. The molecule has 0 atom stereocenters. The fourth-order valence-corrected chi connectivity index (χ4v) is 3.66. The number of nitrogens with zero attached hydrogens (tertiary/aromatic N) is 3. The summed E-state index contributed by atoms with van der Waals surface area (Å²) in [4.78, 5) is 27.4. The number of anilines is 1. The van der Waals surface area contributed by atoms with E-state index in [0.717, 1.165) is 38.0 Å². The van der Waals surface area contributed by atoms with E-state index in [0.29, 0.717) is 6.54 Å². The van der Waals surface area contributed by atoms with Gasteiger partial charge in [-0.2, -0.15) is 0 Å². The summed E-state index contributed by atoms with van der Waals surface area (Å²) in [7, 11) is 1.81. The van der Waals surface area contributed by atoms with Crippen molar-refractivity contribution >= 4 is 17.5 Å². The summed E-state index contributed by atoms with van der Waals surface area (Å²) >= 11 is 0. The van der Waals surface area contributed by atoms with Crippen molar-refractivity contribution in [3.8, 4) is 0 Å². The maximum absolute atomic E-state index is 13.1. The lowest BCUT2D eigenvalue weighted by Crippen LogP contribution is -2.48. The molecule has 1 aliphatic heterocycles. The molecule has 0 fully saturated rings. The number of hydrogen-bond donors (Lipinski definition) is 1. The zero-order valence-corrected chi connectivity index (χ0v) is 18.0. The van der Waals surface area contributed by atoms with Crippen LogP contribution in [0.15, 0.2) is 54.6 Å². The molecule has 30 heavy (non-hydrogen) atoms. The lowest BCUT2D eigenvalue weighted by atomic mass is 10.1. The molecule has 2 amide bonds. The van der Waals surface area contributed by atoms with E-state index in [1.807, 2.05) is 59.4 Å². The Morgan fingerprint density at radius 1 is 0.933 bits per heavy atom. The molecule has 0 bridgehead atoms. The average Bonchev–Trinajstić information content (AvgIpc) is 3.20. The third-order valence-electron chi connectivity index (χ3n) is 5.49. The van der Waals surface area contributed by atoms with Crippen LogP contribution in [0.3, 0.4) is 0 Å². The van der Waals surface area contributed by atoms with Gasteiger partial charge < -0.3 is 10.2 Å². The quantitative estimate of drug-likeness (QED) is 0.614. The van der Waals surface area contributed by atoms with Crippen LogP contribution in [0.2, 0.25) is 0 Å². The maximum atomic E-state index is 13.1. The van der Waals surface area contributed by atoms with Crippen molar-refractivity contribution in [2.75, 3.05) is 31.6 Å². The highest BCUT2D eigenvalue weighted by Gasteiger charge is 2.26. The smallest absolute Gasteiger partial charge is 0.256 e. The van der Waals surface area contributed by atoms with Crippen molar-refractivity contribution < 1.29 is 9.59 Å². The van der Waals surface area contributed by atoms with Gasteiger partial charge in [0.25, 0.3) is 5.91 Å². The zero-order chi connectivity index (χ0) is 21.3. The molecular weight excluding hydrogens is 376 g/mol. The summed E-state index contributed by atoms with van der Waals surface area (Å²) in [6.07, 6.45) is 3.20. The fraction of sp³-hybridized carbons (Fsp3) is 0.417. The Bertz CT molecular complexity index is 815. The number of unbranched alkanes of at least 4 members (excludes halogenated alkanes) is 2. The number of carbonyl (C=O) groups is 2.